The molecule has 0 radical (unpaired) electrons. The molecule has 1 amide bonds. The normalized spacial score (nSPS) is 10.0. The number of aromatic nitrogens is 2. The third kappa shape index (κ3) is 3.55. The van der Waals surface area contributed by atoms with E-state index in [0.29, 0.717) is 28.8 Å². The highest BCUT2D eigenvalue weighted by Gasteiger charge is 2.15. The van der Waals surface area contributed by atoms with Gasteiger partial charge in [0.15, 0.2) is 6.29 Å². The van der Waals surface area contributed by atoms with Crippen LogP contribution in [0.15, 0.2) is 55.4 Å². The number of benzene rings is 1. The minimum Gasteiger partial charge on any atom is -0.320 e. The highest BCUT2D eigenvalue weighted by atomic mass is 16.1. The van der Waals surface area contributed by atoms with Gasteiger partial charge in [0, 0.05) is 29.2 Å². The van der Waals surface area contributed by atoms with E-state index in [-0.39, 0.29) is 11.6 Å². The summed E-state index contributed by atoms with van der Waals surface area (Å²) in [6.07, 6.45) is 5.17. The van der Waals surface area contributed by atoms with E-state index >= 15 is 0 Å². The molecule has 0 saturated heterocycles. The summed E-state index contributed by atoms with van der Waals surface area (Å²) in [5.74, 6) is -0.389. The Morgan fingerprint density at radius 1 is 1.18 bits per heavy atom. The van der Waals surface area contributed by atoms with Crippen LogP contribution in [0.3, 0.4) is 0 Å². The fraction of sp³-hybridized carbons (Fsp3) is 0.0455. The Labute approximate surface area is 162 Å². The first-order valence-electron chi connectivity index (χ1n) is 8.43. The van der Waals surface area contributed by atoms with Crippen LogP contribution in [0.1, 0.15) is 37.7 Å². The highest BCUT2D eigenvalue weighted by molar-refractivity contribution is 6.04. The van der Waals surface area contributed by atoms with Crippen molar-refractivity contribution in [1.82, 2.24) is 9.97 Å². The second-order valence-corrected chi connectivity index (χ2v) is 5.96. The molecule has 2 heterocycles. The number of carbonyl (C=O) groups excluding carboxylic acids is 2. The average molecular weight is 368 g/mol. The van der Waals surface area contributed by atoms with Crippen LogP contribution < -0.4 is 5.32 Å². The number of carbonyl (C=O) groups is 2. The average Bonchev–Trinajstić information content (AvgIpc) is 2.74. The molecule has 0 unspecified atom stereocenters. The molecular weight excluding hydrogens is 352 g/mol. The van der Waals surface area contributed by atoms with Crippen molar-refractivity contribution in [3.05, 3.63) is 83.4 Å². The molecule has 3 aromatic rings. The summed E-state index contributed by atoms with van der Waals surface area (Å²) in [5, 5.41) is 12.4. The third-order valence-electron chi connectivity index (χ3n) is 4.31. The minimum atomic E-state index is -0.389. The lowest BCUT2D eigenvalue weighted by Gasteiger charge is -2.14. The Balaban J connectivity index is 1.98. The molecule has 0 atom stereocenters. The molecule has 1 aromatic carbocycles. The van der Waals surface area contributed by atoms with Crippen molar-refractivity contribution >= 4 is 24.0 Å². The zero-order valence-electron chi connectivity index (χ0n) is 15.1. The molecule has 0 fully saturated rings. The van der Waals surface area contributed by atoms with Gasteiger partial charge in [-0.1, -0.05) is 18.7 Å². The van der Waals surface area contributed by atoms with Gasteiger partial charge in [0.1, 0.15) is 11.8 Å². The lowest BCUT2D eigenvalue weighted by Crippen LogP contribution is -2.14. The first-order chi connectivity index (χ1) is 13.6. The van der Waals surface area contributed by atoms with E-state index in [1.54, 1.807) is 24.4 Å². The largest absolute Gasteiger partial charge is 0.320 e. The van der Waals surface area contributed by atoms with Crippen LogP contribution in [-0.2, 0) is 0 Å². The number of hydrogen-bond acceptors (Lipinski definition) is 5. The first kappa shape index (κ1) is 18.7. The van der Waals surface area contributed by atoms with E-state index in [1.807, 2.05) is 13.0 Å². The molecule has 136 valence electrons. The summed E-state index contributed by atoms with van der Waals surface area (Å²) in [7, 11) is 0. The molecule has 0 saturated carbocycles. The summed E-state index contributed by atoms with van der Waals surface area (Å²) in [5.41, 5.74) is 4.46. The van der Waals surface area contributed by atoms with Gasteiger partial charge in [0.2, 0.25) is 0 Å². The number of anilines is 1. The van der Waals surface area contributed by atoms with E-state index in [9.17, 15) is 14.9 Å². The second kappa shape index (κ2) is 8.06. The topological polar surface area (TPSA) is 95.7 Å². The number of pyridine rings is 2. The Morgan fingerprint density at radius 3 is 2.64 bits per heavy atom. The lowest BCUT2D eigenvalue weighted by molar-refractivity contribution is 0.102. The van der Waals surface area contributed by atoms with Gasteiger partial charge in [-0.05, 0) is 48.4 Å². The molecule has 0 spiro atoms. The highest BCUT2D eigenvalue weighted by Crippen LogP contribution is 2.32. The quantitative estimate of drug-likeness (QED) is 0.686. The van der Waals surface area contributed by atoms with Crippen molar-refractivity contribution < 1.29 is 9.59 Å². The number of amides is 1. The number of nitrogens with one attached hydrogen (secondary N) is 1. The molecule has 2 aromatic heterocycles. The maximum Gasteiger partial charge on any atom is 0.274 e. The van der Waals surface area contributed by atoms with Gasteiger partial charge in [0.05, 0.1) is 11.3 Å². The van der Waals surface area contributed by atoms with Crippen molar-refractivity contribution in [3.63, 3.8) is 0 Å². The smallest absolute Gasteiger partial charge is 0.274 e. The Morgan fingerprint density at radius 2 is 2.00 bits per heavy atom. The van der Waals surface area contributed by atoms with Crippen molar-refractivity contribution in [2.45, 2.75) is 6.92 Å². The number of aldehydes is 1. The van der Waals surface area contributed by atoms with Gasteiger partial charge < -0.3 is 5.32 Å². The van der Waals surface area contributed by atoms with Crippen LogP contribution in [0.2, 0.25) is 0 Å². The number of nitrogens with zero attached hydrogens (tertiary/aromatic N) is 3. The molecular formula is C22H16N4O2. The lowest BCUT2D eigenvalue weighted by atomic mass is 9.95. The molecule has 0 aliphatic carbocycles. The molecule has 0 bridgehead atoms. The predicted octanol–water partition coefficient (Wildman–Crippen LogP) is 4.03. The molecule has 0 aliphatic rings. The number of rotatable bonds is 5. The fourth-order valence-corrected chi connectivity index (χ4v) is 2.83. The maximum atomic E-state index is 12.5. The van der Waals surface area contributed by atoms with Gasteiger partial charge >= 0.3 is 0 Å². The maximum absolute atomic E-state index is 12.5. The molecule has 0 aliphatic heterocycles. The standard InChI is InChI=1S/C22H16N4O2/c1-3-19-18(11-23)17(9-10-24-19)16-5-4-6-20(14(16)2)26-22(28)21-8-7-15(13-27)12-25-21/h3-10,12-13H,1H2,2H3,(H,26,28). The molecule has 1 N–H and O–H groups in total. The summed E-state index contributed by atoms with van der Waals surface area (Å²) >= 11 is 0. The van der Waals surface area contributed by atoms with Crippen LogP contribution in [0.5, 0.6) is 0 Å². The Bertz CT molecular complexity index is 1110. The van der Waals surface area contributed by atoms with E-state index in [0.717, 1.165) is 16.7 Å². The van der Waals surface area contributed by atoms with Gasteiger partial charge in [0.25, 0.3) is 5.91 Å². The monoisotopic (exact) mass is 368 g/mol. The third-order valence-corrected chi connectivity index (χ3v) is 4.31. The number of nitriles is 1. The summed E-state index contributed by atoms with van der Waals surface area (Å²) in [6.45, 7) is 5.56. The zero-order chi connectivity index (χ0) is 20.1. The van der Waals surface area contributed by atoms with Gasteiger partial charge in [-0.2, -0.15) is 5.26 Å². The van der Waals surface area contributed by atoms with E-state index in [4.69, 9.17) is 0 Å². The van der Waals surface area contributed by atoms with E-state index in [2.05, 4.69) is 27.9 Å². The predicted molar refractivity (Wildman–Crippen MR) is 107 cm³/mol. The van der Waals surface area contributed by atoms with Crippen molar-refractivity contribution in [1.29, 1.82) is 5.26 Å². The van der Waals surface area contributed by atoms with Gasteiger partial charge in [-0.3, -0.25) is 19.6 Å². The van der Waals surface area contributed by atoms with E-state index < -0.39 is 0 Å². The van der Waals surface area contributed by atoms with Crippen LogP contribution in [0.25, 0.3) is 17.2 Å². The second-order valence-electron chi connectivity index (χ2n) is 5.96. The summed E-state index contributed by atoms with van der Waals surface area (Å²) in [6, 6.07) is 12.4. The number of hydrogen-bond donors (Lipinski definition) is 1. The van der Waals surface area contributed by atoms with Crippen LogP contribution in [0, 0.1) is 18.3 Å². The van der Waals surface area contributed by atoms with Gasteiger partial charge in [-0.25, -0.2) is 0 Å². The molecule has 3 rings (SSSR count). The molecule has 28 heavy (non-hydrogen) atoms. The van der Waals surface area contributed by atoms with Gasteiger partial charge in [-0.15, -0.1) is 0 Å². The van der Waals surface area contributed by atoms with Crippen LogP contribution >= 0.6 is 0 Å². The molecule has 6 heteroatoms. The Kier molecular flexibility index (Phi) is 5.38. The van der Waals surface area contributed by atoms with Crippen LogP contribution in [0.4, 0.5) is 5.69 Å². The SMILES string of the molecule is C=Cc1nccc(-c2cccc(NC(=O)c3ccc(C=O)cn3)c2C)c1C#N. The van der Waals surface area contributed by atoms with Crippen LogP contribution in [-0.4, -0.2) is 22.2 Å². The minimum absolute atomic E-state index is 0.200. The van der Waals surface area contributed by atoms with Crippen molar-refractivity contribution in [2.24, 2.45) is 0 Å². The Hall–Kier alpha value is -4.11. The first-order valence-corrected chi connectivity index (χ1v) is 8.43. The summed E-state index contributed by atoms with van der Waals surface area (Å²) < 4.78 is 0. The molecule has 6 nitrogen and oxygen atoms in total. The van der Waals surface area contributed by atoms with Crippen molar-refractivity contribution in [2.75, 3.05) is 5.32 Å². The summed E-state index contributed by atoms with van der Waals surface area (Å²) in [4.78, 5) is 31.4. The van der Waals surface area contributed by atoms with Crippen molar-refractivity contribution in [3.8, 4) is 17.2 Å². The van der Waals surface area contributed by atoms with E-state index in [1.165, 1.54) is 24.4 Å². The zero-order valence-corrected chi connectivity index (χ0v) is 15.1. The fourth-order valence-electron chi connectivity index (χ4n) is 2.83.